The second-order valence-electron chi connectivity index (χ2n) is 5.78. The van der Waals surface area contributed by atoms with E-state index in [1.54, 1.807) is 0 Å². The number of rotatable bonds is 6. The minimum atomic E-state index is 0.135. The first-order valence-electron chi connectivity index (χ1n) is 5.64. The van der Waals surface area contributed by atoms with E-state index in [4.69, 9.17) is 0 Å². The van der Waals surface area contributed by atoms with E-state index in [0.29, 0.717) is 12.3 Å². The average molecular weight is 214 g/mol. The van der Waals surface area contributed by atoms with Gasteiger partial charge in [-0.1, -0.05) is 27.7 Å². The minimum Gasteiger partial charge on any atom is -0.356 e. The molecule has 0 heterocycles. The summed E-state index contributed by atoms with van der Waals surface area (Å²) in [6, 6.07) is 0. The lowest BCUT2D eigenvalue weighted by molar-refractivity contribution is -0.122. The number of amides is 1. The van der Waals surface area contributed by atoms with E-state index in [9.17, 15) is 4.79 Å². The molecule has 0 atom stereocenters. The number of carbonyl (C=O) groups is 1. The molecule has 3 heteroatoms. The van der Waals surface area contributed by atoms with Crippen LogP contribution in [0.3, 0.4) is 0 Å². The Hall–Kier alpha value is -0.570. The van der Waals surface area contributed by atoms with Crippen molar-refractivity contribution in [2.24, 2.45) is 11.3 Å². The van der Waals surface area contributed by atoms with Crippen LogP contribution in [0, 0.1) is 11.3 Å². The van der Waals surface area contributed by atoms with Gasteiger partial charge in [0.2, 0.25) is 5.91 Å². The number of hydrogen-bond acceptors (Lipinski definition) is 2. The van der Waals surface area contributed by atoms with E-state index in [1.165, 1.54) is 0 Å². The molecule has 0 saturated heterocycles. The van der Waals surface area contributed by atoms with Crippen LogP contribution in [0.2, 0.25) is 0 Å². The third kappa shape index (κ3) is 8.43. The molecule has 0 aromatic rings. The summed E-state index contributed by atoms with van der Waals surface area (Å²) >= 11 is 0. The quantitative estimate of drug-likeness (QED) is 0.730. The zero-order valence-corrected chi connectivity index (χ0v) is 11.1. The van der Waals surface area contributed by atoms with E-state index < -0.39 is 0 Å². The Balaban J connectivity index is 3.87. The topological polar surface area (TPSA) is 32.3 Å². The molecule has 0 unspecified atom stereocenters. The van der Waals surface area contributed by atoms with Crippen LogP contribution in [0.25, 0.3) is 0 Å². The van der Waals surface area contributed by atoms with Gasteiger partial charge < -0.3 is 10.2 Å². The first kappa shape index (κ1) is 14.4. The lowest BCUT2D eigenvalue weighted by Gasteiger charge is -2.28. The highest BCUT2D eigenvalue weighted by Crippen LogP contribution is 2.14. The van der Waals surface area contributed by atoms with Gasteiger partial charge in [0.25, 0.3) is 0 Å². The maximum Gasteiger partial charge on any atom is 0.220 e. The zero-order chi connectivity index (χ0) is 12.1. The molecule has 90 valence electrons. The standard InChI is InChI=1S/C12H26N2O/c1-10(2)7-11(15)13-8-12(3,4)9-14(5)6/h10H,7-9H2,1-6H3,(H,13,15). The molecule has 0 saturated carbocycles. The molecule has 0 aromatic carbocycles. The summed E-state index contributed by atoms with van der Waals surface area (Å²) in [7, 11) is 4.11. The first-order valence-corrected chi connectivity index (χ1v) is 5.64. The molecule has 3 nitrogen and oxygen atoms in total. The molecular weight excluding hydrogens is 188 g/mol. The number of nitrogens with one attached hydrogen (secondary N) is 1. The molecular formula is C12H26N2O. The molecule has 0 aliphatic carbocycles. The highest BCUT2D eigenvalue weighted by Gasteiger charge is 2.19. The van der Waals surface area contributed by atoms with Gasteiger partial charge in [-0.25, -0.2) is 0 Å². The van der Waals surface area contributed by atoms with Crippen LogP contribution in [0.1, 0.15) is 34.1 Å². The van der Waals surface area contributed by atoms with Gasteiger partial charge in [0.1, 0.15) is 0 Å². The number of carbonyl (C=O) groups excluding carboxylic acids is 1. The van der Waals surface area contributed by atoms with E-state index in [1.807, 2.05) is 0 Å². The lowest BCUT2D eigenvalue weighted by atomic mass is 9.93. The fraction of sp³-hybridized carbons (Fsp3) is 0.917. The van der Waals surface area contributed by atoms with Crippen LogP contribution in [-0.4, -0.2) is 38.0 Å². The van der Waals surface area contributed by atoms with E-state index in [0.717, 1.165) is 13.1 Å². The van der Waals surface area contributed by atoms with Crippen molar-refractivity contribution in [3.8, 4) is 0 Å². The van der Waals surface area contributed by atoms with Gasteiger partial charge in [0, 0.05) is 19.5 Å². The molecule has 1 N–H and O–H groups in total. The van der Waals surface area contributed by atoms with Crippen molar-refractivity contribution in [2.75, 3.05) is 27.2 Å². The van der Waals surface area contributed by atoms with Gasteiger partial charge in [-0.05, 0) is 25.4 Å². The van der Waals surface area contributed by atoms with Gasteiger partial charge in [0.15, 0.2) is 0 Å². The van der Waals surface area contributed by atoms with Crippen LogP contribution < -0.4 is 5.32 Å². The highest BCUT2D eigenvalue weighted by molar-refractivity contribution is 5.76. The molecule has 0 aliphatic heterocycles. The third-order valence-electron chi connectivity index (χ3n) is 2.10. The van der Waals surface area contributed by atoms with Crippen molar-refractivity contribution in [1.29, 1.82) is 0 Å². The minimum absolute atomic E-state index is 0.135. The molecule has 0 fully saturated rings. The molecule has 1 amide bonds. The first-order chi connectivity index (χ1) is 6.73. The summed E-state index contributed by atoms with van der Waals surface area (Å²) < 4.78 is 0. The fourth-order valence-corrected chi connectivity index (χ4v) is 1.69. The molecule has 0 radical (unpaired) electrons. The average Bonchev–Trinajstić information content (AvgIpc) is 1.97. The summed E-state index contributed by atoms with van der Waals surface area (Å²) in [5, 5.41) is 2.99. The lowest BCUT2D eigenvalue weighted by Crippen LogP contribution is -2.40. The highest BCUT2D eigenvalue weighted by atomic mass is 16.1. The van der Waals surface area contributed by atoms with Gasteiger partial charge in [-0.2, -0.15) is 0 Å². The largest absolute Gasteiger partial charge is 0.356 e. The molecule has 15 heavy (non-hydrogen) atoms. The van der Waals surface area contributed by atoms with E-state index >= 15 is 0 Å². The van der Waals surface area contributed by atoms with Gasteiger partial charge in [-0.3, -0.25) is 4.79 Å². The maximum absolute atomic E-state index is 11.5. The van der Waals surface area contributed by atoms with Crippen molar-refractivity contribution < 1.29 is 4.79 Å². The Labute approximate surface area is 94.2 Å². The van der Waals surface area contributed by atoms with E-state index in [2.05, 4.69) is 52.0 Å². The Morgan fingerprint density at radius 2 is 1.87 bits per heavy atom. The molecule has 0 aromatic heterocycles. The van der Waals surface area contributed by atoms with Crippen molar-refractivity contribution in [3.63, 3.8) is 0 Å². The van der Waals surface area contributed by atoms with Crippen molar-refractivity contribution in [2.45, 2.75) is 34.1 Å². The summed E-state index contributed by atoms with van der Waals surface area (Å²) in [4.78, 5) is 13.6. The predicted octanol–water partition coefficient (Wildman–Crippen LogP) is 1.74. The Morgan fingerprint density at radius 1 is 1.33 bits per heavy atom. The van der Waals surface area contributed by atoms with Crippen molar-refractivity contribution in [1.82, 2.24) is 10.2 Å². The second kappa shape index (κ2) is 6.11. The second-order valence-corrected chi connectivity index (χ2v) is 5.78. The normalized spacial score (nSPS) is 12.3. The molecule has 0 spiro atoms. The van der Waals surface area contributed by atoms with Crippen molar-refractivity contribution in [3.05, 3.63) is 0 Å². The Morgan fingerprint density at radius 3 is 2.27 bits per heavy atom. The van der Waals surface area contributed by atoms with Gasteiger partial charge in [-0.15, -0.1) is 0 Å². The summed E-state index contributed by atoms with van der Waals surface area (Å²) in [6.45, 7) is 10.2. The van der Waals surface area contributed by atoms with Crippen LogP contribution in [0.4, 0.5) is 0 Å². The monoisotopic (exact) mass is 214 g/mol. The summed E-state index contributed by atoms with van der Waals surface area (Å²) in [5.41, 5.74) is 0.135. The van der Waals surface area contributed by atoms with Crippen LogP contribution >= 0.6 is 0 Å². The van der Waals surface area contributed by atoms with Gasteiger partial charge >= 0.3 is 0 Å². The smallest absolute Gasteiger partial charge is 0.220 e. The SMILES string of the molecule is CC(C)CC(=O)NCC(C)(C)CN(C)C. The maximum atomic E-state index is 11.5. The molecule has 0 aliphatic rings. The van der Waals surface area contributed by atoms with E-state index in [-0.39, 0.29) is 11.3 Å². The Kier molecular flexibility index (Phi) is 5.88. The summed E-state index contributed by atoms with van der Waals surface area (Å²) in [6.07, 6.45) is 0.623. The molecule has 0 bridgehead atoms. The van der Waals surface area contributed by atoms with Crippen molar-refractivity contribution >= 4 is 5.91 Å². The third-order valence-corrected chi connectivity index (χ3v) is 2.10. The van der Waals surface area contributed by atoms with Crippen LogP contribution in [0.15, 0.2) is 0 Å². The van der Waals surface area contributed by atoms with Crippen LogP contribution in [0.5, 0.6) is 0 Å². The fourth-order valence-electron chi connectivity index (χ4n) is 1.69. The summed E-state index contributed by atoms with van der Waals surface area (Å²) in [5.74, 6) is 0.596. The Bertz CT molecular complexity index is 198. The number of hydrogen-bond donors (Lipinski definition) is 1. The zero-order valence-electron chi connectivity index (χ0n) is 11.1. The molecule has 0 rings (SSSR count). The number of nitrogens with zero attached hydrogens (tertiary/aromatic N) is 1. The van der Waals surface area contributed by atoms with Gasteiger partial charge in [0.05, 0.1) is 0 Å². The van der Waals surface area contributed by atoms with Crippen LogP contribution in [-0.2, 0) is 4.79 Å². The predicted molar refractivity (Wildman–Crippen MR) is 64.8 cm³/mol.